The van der Waals surface area contributed by atoms with Crippen LogP contribution in [0, 0.1) is 0 Å². The van der Waals surface area contributed by atoms with Gasteiger partial charge in [-0.05, 0) is 5.56 Å². The molecule has 2 rings (SSSR count). The molecule has 0 radical (unpaired) electrons. The molecule has 1 atom stereocenters. The fraction of sp³-hybridized carbons (Fsp3) is 0.0909. The SMILES string of the molecule is NC(c1ccccc1)c1cnccn1. The highest BCUT2D eigenvalue weighted by molar-refractivity contribution is 5.25. The molecule has 70 valence electrons. The molecule has 0 spiro atoms. The zero-order chi connectivity index (χ0) is 9.80. The molecule has 0 saturated carbocycles. The van der Waals surface area contributed by atoms with Crippen molar-refractivity contribution in [2.75, 3.05) is 0 Å². The summed E-state index contributed by atoms with van der Waals surface area (Å²) in [6.45, 7) is 0. The molecule has 2 N–H and O–H groups in total. The molecular formula is C11H11N3. The number of hydrogen-bond acceptors (Lipinski definition) is 3. The van der Waals surface area contributed by atoms with Gasteiger partial charge in [-0.2, -0.15) is 0 Å². The molecule has 14 heavy (non-hydrogen) atoms. The van der Waals surface area contributed by atoms with Crippen LogP contribution in [0.15, 0.2) is 48.9 Å². The van der Waals surface area contributed by atoms with E-state index in [4.69, 9.17) is 5.73 Å². The van der Waals surface area contributed by atoms with Crippen molar-refractivity contribution >= 4 is 0 Å². The van der Waals surface area contributed by atoms with Crippen LogP contribution in [0.3, 0.4) is 0 Å². The van der Waals surface area contributed by atoms with Crippen LogP contribution in [0.2, 0.25) is 0 Å². The molecule has 3 nitrogen and oxygen atoms in total. The summed E-state index contributed by atoms with van der Waals surface area (Å²) in [4.78, 5) is 8.16. The van der Waals surface area contributed by atoms with Gasteiger partial charge in [-0.15, -0.1) is 0 Å². The summed E-state index contributed by atoms with van der Waals surface area (Å²) in [7, 11) is 0. The van der Waals surface area contributed by atoms with Gasteiger partial charge in [-0.1, -0.05) is 30.3 Å². The molecule has 1 aromatic heterocycles. The van der Waals surface area contributed by atoms with Gasteiger partial charge in [0.05, 0.1) is 17.9 Å². The summed E-state index contributed by atoms with van der Waals surface area (Å²) >= 11 is 0. The maximum Gasteiger partial charge on any atom is 0.0799 e. The van der Waals surface area contributed by atoms with Crippen LogP contribution in [-0.2, 0) is 0 Å². The molecule has 0 saturated heterocycles. The van der Waals surface area contributed by atoms with Crippen molar-refractivity contribution in [1.82, 2.24) is 9.97 Å². The van der Waals surface area contributed by atoms with E-state index in [-0.39, 0.29) is 6.04 Å². The number of nitrogens with zero attached hydrogens (tertiary/aromatic N) is 2. The Morgan fingerprint density at radius 3 is 2.50 bits per heavy atom. The molecule has 0 fully saturated rings. The van der Waals surface area contributed by atoms with Gasteiger partial charge in [-0.25, -0.2) is 0 Å². The molecule has 2 aromatic rings. The Kier molecular flexibility index (Phi) is 2.51. The lowest BCUT2D eigenvalue weighted by molar-refractivity contribution is 0.818. The van der Waals surface area contributed by atoms with Crippen molar-refractivity contribution in [3.05, 3.63) is 60.2 Å². The first-order valence-corrected chi connectivity index (χ1v) is 4.44. The Morgan fingerprint density at radius 2 is 1.86 bits per heavy atom. The summed E-state index contributed by atoms with van der Waals surface area (Å²) < 4.78 is 0. The van der Waals surface area contributed by atoms with Gasteiger partial charge in [0.15, 0.2) is 0 Å². The van der Waals surface area contributed by atoms with Crippen LogP contribution in [0.1, 0.15) is 17.3 Å². The number of nitrogens with two attached hydrogens (primary N) is 1. The highest BCUT2D eigenvalue weighted by Gasteiger charge is 2.08. The standard InChI is InChI=1S/C11H11N3/c12-11(9-4-2-1-3-5-9)10-8-13-6-7-14-10/h1-8,11H,12H2. The van der Waals surface area contributed by atoms with E-state index in [1.807, 2.05) is 30.3 Å². The summed E-state index contributed by atoms with van der Waals surface area (Å²) in [6.07, 6.45) is 4.98. The maximum absolute atomic E-state index is 6.01. The lowest BCUT2D eigenvalue weighted by atomic mass is 10.1. The third-order valence-corrected chi connectivity index (χ3v) is 2.06. The fourth-order valence-electron chi connectivity index (χ4n) is 1.30. The van der Waals surface area contributed by atoms with E-state index in [0.717, 1.165) is 11.3 Å². The third-order valence-electron chi connectivity index (χ3n) is 2.06. The smallest absolute Gasteiger partial charge is 0.0799 e. The summed E-state index contributed by atoms with van der Waals surface area (Å²) in [6, 6.07) is 9.67. The van der Waals surface area contributed by atoms with Gasteiger partial charge in [-0.3, -0.25) is 9.97 Å². The van der Waals surface area contributed by atoms with Gasteiger partial charge in [0.25, 0.3) is 0 Å². The number of benzene rings is 1. The van der Waals surface area contributed by atoms with Crippen LogP contribution in [0.5, 0.6) is 0 Å². The summed E-state index contributed by atoms with van der Waals surface area (Å²) in [5.74, 6) is 0. The molecule has 0 amide bonds. The van der Waals surface area contributed by atoms with E-state index in [0.29, 0.717) is 0 Å². The first-order valence-electron chi connectivity index (χ1n) is 4.44. The quantitative estimate of drug-likeness (QED) is 0.771. The molecule has 1 heterocycles. The van der Waals surface area contributed by atoms with E-state index >= 15 is 0 Å². The number of rotatable bonds is 2. The van der Waals surface area contributed by atoms with Crippen molar-refractivity contribution in [3.8, 4) is 0 Å². The van der Waals surface area contributed by atoms with Crippen molar-refractivity contribution in [2.45, 2.75) is 6.04 Å². The number of aromatic nitrogens is 2. The normalized spacial score (nSPS) is 12.4. The van der Waals surface area contributed by atoms with Gasteiger partial charge < -0.3 is 5.73 Å². The first kappa shape index (κ1) is 8.84. The molecule has 0 aliphatic heterocycles. The first-order chi connectivity index (χ1) is 6.88. The Balaban J connectivity index is 2.30. The van der Waals surface area contributed by atoms with Crippen molar-refractivity contribution in [2.24, 2.45) is 5.73 Å². The fourth-order valence-corrected chi connectivity index (χ4v) is 1.30. The number of hydrogen-bond donors (Lipinski definition) is 1. The lowest BCUT2D eigenvalue weighted by Gasteiger charge is -2.09. The van der Waals surface area contributed by atoms with Crippen LogP contribution in [0.4, 0.5) is 0 Å². The second-order valence-corrected chi connectivity index (χ2v) is 3.02. The largest absolute Gasteiger partial charge is 0.319 e. The molecular weight excluding hydrogens is 174 g/mol. The van der Waals surface area contributed by atoms with E-state index < -0.39 is 0 Å². The minimum absolute atomic E-state index is 0.190. The second-order valence-electron chi connectivity index (χ2n) is 3.02. The third kappa shape index (κ3) is 1.78. The average Bonchev–Trinajstić information content (AvgIpc) is 2.30. The van der Waals surface area contributed by atoms with Gasteiger partial charge in [0.1, 0.15) is 0 Å². The molecule has 0 aliphatic carbocycles. The lowest BCUT2D eigenvalue weighted by Crippen LogP contribution is -2.13. The molecule has 0 bridgehead atoms. The van der Waals surface area contributed by atoms with Gasteiger partial charge in [0.2, 0.25) is 0 Å². The van der Waals surface area contributed by atoms with E-state index in [1.165, 1.54) is 0 Å². The molecule has 3 heteroatoms. The van der Waals surface area contributed by atoms with Crippen LogP contribution in [-0.4, -0.2) is 9.97 Å². The summed E-state index contributed by atoms with van der Waals surface area (Å²) in [5, 5.41) is 0. The van der Waals surface area contributed by atoms with E-state index in [1.54, 1.807) is 18.6 Å². The predicted molar refractivity (Wildman–Crippen MR) is 54.5 cm³/mol. The predicted octanol–water partition coefficient (Wildman–Crippen LogP) is 1.52. The van der Waals surface area contributed by atoms with Crippen molar-refractivity contribution < 1.29 is 0 Å². The Morgan fingerprint density at radius 1 is 1.07 bits per heavy atom. The topological polar surface area (TPSA) is 51.8 Å². The van der Waals surface area contributed by atoms with Crippen LogP contribution < -0.4 is 5.73 Å². The zero-order valence-corrected chi connectivity index (χ0v) is 7.67. The minimum Gasteiger partial charge on any atom is -0.319 e. The molecule has 0 aliphatic rings. The maximum atomic E-state index is 6.01. The monoisotopic (exact) mass is 185 g/mol. The average molecular weight is 185 g/mol. The highest BCUT2D eigenvalue weighted by Crippen LogP contribution is 2.15. The van der Waals surface area contributed by atoms with Crippen LogP contribution >= 0.6 is 0 Å². The Labute approximate surface area is 82.6 Å². The second kappa shape index (κ2) is 3.98. The van der Waals surface area contributed by atoms with Crippen molar-refractivity contribution in [1.29, 1.82) is 0 Å². The zero-order valence-electron chi connectivity index (χ0n) is 7.67. The molecule has 1 aromatic carbocycles. The van der Waals surface area contributed by atoms with E-state index in [9.17, 15) is 0 Å². The Hall–Kier alpha value is -1.74. The highest BCUT2D eigenvalue weighted by atomic mass is 14.8. The summed E-state index contributed by atoms with van der Waals surface area (Å²) in [5.41, 5.74) is 7.85. The van der Waals surface area contributed by atoms with Gasteiger partial charge >= 0.3 is 0 Å². The van der Waals surface area contributed by atoms with Crippen LogP contribution in [0.25, 0.3) is 0 Å². The van der Waals surface area contributed by atoms with Crippen molar-refractivity contribution in [3.63, 3.8) is 0 Å². The molecule has 1 unspecified atom stereocenters. The van der Waals surface area contributed by atoms with E-state index in [2.05, 4.69) is 9.97 Å². The minimum atomic E-state index is -0.190. The van der Waals surface area contributed by atoms with Gasteiger partial charge in [0, 0.05) is 12.4 Å². The Bertz CT molecular complexity index is 346.